The van der Waals surface area contributed by atoms with Crippen LogP contribution in [0.25, 0.3) is 0 Å². The first-order valence-corrected chi connectivity index (χ1v) is 6.92. The van der Waals surface area contributed by atoms with E-state index in [1.165, 1.54) is 32.1 Å². The summed E-state index contributed by atoms with van der Waals surface area (Å²) in [4.78, 5) is 4.34. The van der Waals surface area contributed by atoms with Gasteiger partial charge in [0.25, 0.3) is 0 Å². The molecule has 0 saturated heterocycles. The van der Waals surface area contributed by atoms with Gasteiger partial charge >= 0.3 is 0 Å². The molecule has 4 heteroatoms. The zero-order valence-corrected chi connectivity index (χ0v) is 11.2. The number of aliphatic hydroxyl groups excluding tert-OH is 1. The Morgan fingerprint density at radius 3 is 2.59 bits per heavy atom. The van der Waals surface area contributed by atoms with E-state index in [0.717, 1.165) is 25.0 Å². The largest absolute Gasteiger partial charge is 0.391 e. The first-order valence-electron chi connectivity index (χ1n) is 6.92. The molecule has 1 saturated carbocycles. The number of hydrogen-bond donors (Lipinski definition) is 3. The molecular weight excluding hydrogens is 214 g/mol. The first-order chi connectivity index (χ1) is 8.22. The number of nitrogens with zero attached hydrogens (tertiary/aromatic N) is 1. The van der Waals surface area contributed by atoms with Crippen LogP contribution in [0.1, 0.15) is 46.0 Å². The van der Waals surface area contributed by atoms with Crippen molar-refractivity contribution >= 4 is 5.96 Å². The molecule has 17 heavy (non-hydrogen) atoms. The second kappa shape index (κ2) is 8.34. The molecule has 1 aliphatic rings. The van der Waals surface area contributed by atoms with Crippen LogP contribution in [0.15, 0.2) is 4.99 Å². The van der Waals surface area contributed by atoms with E-state index >= 15 is 0 Å². The van der Waals surface area contributed by atoms with Crippen LogP contribution in [0, 0.1) is 5.92 Å². The van der Waals surface area contributed by atoms with E-state index in [4.69, 9.17) is 0 Å². The number of aliphatic imine (C=N–C) groups is 1. The van der Waals surface area contributed by atoms with Gasteiger partial charge in [0, 0.05) is 13.1 Å². The van der Waals surface area contributed by atoms with Gasteiger partial charge in [-0.3, -0.25) is 4.99 Å². The summed E-state index contributed by atoms with van der Waals surface area (Å²) in [6.45, 7) is 6.14. The molecular formula is C13H27N3O. The number of guanidine groups is 1. The van der Waals surface area contributed by atoms with Gasteiger partial charge in [0.2, 0.25) is 0 Å². The van der Waals surface area contributed by atoms with Crippen molar-refractivity contribution in [3.8, 4) is 0 Å². The fraction of sp³-hybridized carbons (Fsp3) is 0.923. The van der Waals surface area contributed by atoms with Crippen LogP contribution < -0.4 is 10.6 Å². The minimum atomic E-state index is -0.375. The maximum absolute atomic E-state index is 9.22. The van der Waals surface area contributed by atoms with Gasteiger partial charge in [-0.25, -0.2) is 0 Å². The van der Waals surface area contributed by atoms with E-state index in [1.807, 2.05) is 0 Å². The Bertz CT molecular complexity index is 223. The Kier molecular flexibility index (Phi) is 7.01. The van der Waals surface area contributed by atoms with E-state index in [2.05, 4.69) is 22.5 Å². The molecule has 4 nitrogen and oxygen atoms in total. The molecule has 0 aromatic carbocycles. The van der Waals surface area contributed by atoms with E-state index in [0.29, 0.717) is 6.54 Å². The summed E-state index contributed by atoms with van der Waals surface area (Å²) < 4.78 is 0. The van der Waals surface area contributed by atoms with Crippen molar-refractivity contribution in [1.29, 1.82) is 0 Å². The Morgan fingerprint density at radius 1 is 1.29 bits per heavy atom. The van der Waals surface area contributed by atoms with Crippen LogP contribution in [0.2, 0.25) is 0 Å². The molecule has 0 spiro atoms. The van der Waals surface area contributed by atoms with Crippen molar-refractivity contribution in [1.82, 2.24) is 10.6 Å². The van der Waals surface area contributed by atoms with Gasteiger partial charge in [-0.1, -0.05) is 19.3 Å². The van der Waals surface area contributed by atoms with Crippen LogP contribution in [-0.2, 0) is 0 Å². The summed E-state index contributed by atoms with van der Waals surface area (Å²) in [5, 5.41) is 15.8. The van der Waals surface area contributed by atoms with Gasteiger partial charge in [0.15, 0.2) is 5.96 Å². The van der Waals surface area contributed by atoms with E-state index < -0.39 is 0 Å². The van der Waals surface area contributed by atoms with Crippen molar-refractivity contribution in [2.75, 3.05) is 19.6 Å². The second-order valence-electron chi connectivity index (χ2n) is 4.95. The maximum Gasteiger partial charge on any atom is 0.191 e. The molecule has 0 aliphatic heterocycles. The third-order valence-corrected chi connectivity index (χ3v) is 3.14. The van der Waals surface area contributed by atoms with Crippen LogP contribution >= 0.6 is 0 Å². The summed E-state index contributed by atoms with van der Waals surface area (Å²) in [6.07, 6.45) is 6.43. The predicted octanol–water partition coefficient (Wildman–Crippen LogP) is 1.50. The van der Waals surface area contributed by atoms with Gasteiger partial charge in [-0.15, -0.1) is 0 Å². The Balaban J connectivity index is 2.29. The summed E-state index contributed by atoms with van der Waals surface area (Å²) in [5.74, 6) is 1.62. The minimum Gasteiger partial charge on any atom is -0.391 e. The Labute approximate surface area is 105 Å². The Hall–Kier alpha value is -0.770. The van der Waals surface area contributed by atoms with E-state index in [9.17, 15) is 5.11 Å². The third-order valence-electron chi connectivity index (χ3n) is 3.14. The highest BCUT2D eigenvalue weighted by molar-refractivity contribution is 5.79. The molecule has 0 unspecified atom stereocenters. The lowest BCUT2D eigenvalue weighted by atomic mass is 9.89. The van der Waals surface area contributed by atoms with Crippen molar-refractivity contribution in [3.63, 3.8) is 0 Å². The predicted molar refractivity (Wildman–Crippen MR) is 72.2 cm³/mol. The number of rotatable bonds is 5. The van der Waals surface area contributed by atoms with Crippen molar-refractivity contribution in [2.45, 2.75) is 52.1 Å². The highest BCUT2D eigenvalue weighted by Gasteiger charge is 2.13. The summed E-state index contributed by atoms with van der Waals surface area (Å²) in [7, 11) is 0. The zero-order valence-electron chi connectivity index (χ0n) is 11.2. The zero-order chi connectivity index (χ0) is 12.5. The normalized spacial score (nSPS) is 20.1. The summed E-state index contributed by atoms with van der Waals surface area (Å²) in [5.41, 5.74) is 0. The molecule has 1 aliphatic carbocycles. The minimum absolute atomic E-state index is 0.375. The summed E-state index contributed by atoms with van der Waals surface area (Å²) >= 11 is 0. The van der Waals surface area contributed by atoms with Crippen LogP contribution in [0.3, 0.4) is 0 Å². The molecule has 1 fully saturated rings. The maximum atomic E-state index is 9.22. The monoisotopic (exact) mass is 241 g/mol. The van der Waals surface area contributed by atoms with Crippen molar-refractivity contribution in [3.05, 3.63) is 0 Å². The smallest absolute Gasteiger partial charge is 0.191 e. The molecule has 3 N–H and O–H groups in total. The molecule has 0 bridgehead atoms. The molecule has 0 aromatic heterocycles. The first kappa shape index (κ1) is 14.3. The lowest BCUT2D eigenvalue weighted by Gasteiger charge is -2.23. The number of aliphatic hydroxyl groups is 1. The molecule has 1 atom stereocenters. The fourth-order valence-electron chi connectivity index (χ4n) is 2.20. The second-order valence-corrected chi connectivity index (χ2v) is 4.95. The average Bonchev–Trinajstić information content (AvgIpc) is 2.34. The molecule has 100 valence electrons. The van der Waals surface area contributed by atoms with Crippen molar-refractivity contribution < 1.29 is 5.11 Å². The molecule has 0 radical (unpaired) electrons. The van der Waals surface area contributed by atoms with Gasteiger partial charge in [0.05, 0.1) is 12.6 Å². The number of hydrogen-bond acceptors (Lipinski definition) is 2. The third kappa shape index (κ3) is 6.51. The highest BCUT2D eigenvalue weighted by Crippen LogP contribution is 2.22. The van der Waals surface area contributed by atoms with Crippen LogP contribution in [0.5, 0.6) is 0 Å². The standard InChI is InChI=1S/C13H27N3O/c1-3-14-13(15-9-11(2)17)16-10-12-7-5-4-6-8-12/h11-12,17H,3-10H2,1-2H3,(H2,14,15,16)/t11-/m0/s1. The SMILES string of the molecule is CCNC(=NC[C@H](C)O)NCC1CCCCC1. The quantitative estimate of drug-likeness (QED) is 0.505. The Morgan fingerprint density at radius 2 is 2.00 bits per heavy atom. The highest BCUT2D eigenvalue weighted by atomic mass is 16.3. The lowest BCUT2D eigenvalue weighted by molar-refractivity contribution is 0.203. The van der Waals surface area contributed by atoms with Crippen LogP contribution in [-0.4, -0.2) is 36.8 Å². The average molecular weight is 241 g/mol. The van der Waals surface area contributed by atoms with Crippen LogP contribution in [0.4, 0.5) is 0 Å². The topological polar surface area (TPSA) is 56.7 Å². The molecule has 0 amide bonds. The van der Waals surface area contributed by atoms with E-state index in [1.54, 1.807) is 6.92 Å². The van der Waals surface area contributed by atoms with Gasteiger partial charge in [0.1, 0.15) is 0 Å². The van der Waals surface area contributed by atoms with E-state index in [-0.39, 0.29) is 6.10 Å². The summed E-state index contributed by atoms with van der Waals surface area (Å²) in [6, 6.07) is 0. The number of nitrogens with one attached hydrogen (secondary N) is 2. The molecule has 1 rings (SSSR count). The molecule has 0 aromatic rings. The van der Waals surface area contributed by atoms with Crippen molar-refractivity contribution in [2.24, 2.45) is 10.9 Å². The van der Waals surface area contributed by atoms with Gasteiger partial charge < -0.3 is 15.7 Å². The van der Waals surface area contributed by atoms with Gasteiger partial charge in [-0.2, -0.15) is 0 Å². The lowest BCUT2D eigenvalue weighted by Crippen LogP contribution is -2.40. The van der Waals surface area contributed by atoms with Gasteiger partial charge in [-0.05, 0) is 32.6 Å². The molecule has 0 heterocycles. The fourth-order valence-corrected chi connectivity index (χ4v) is 2.20.